The predicted octanol–water partition coefficient (Wildman–Crippen LogP) is 2.88. The molecule has 1 radical (unpaired) electrons. The highest BCUT2D eigenvalue weighted by atomic mass is 16.4. The molecule has 0 unspecified atom stereocenters. The first-order valence-corrected chi connectivity index (χ1v) is 5.26. The van der Waals surface area contributed by atoms with Crippen molar-refractivity contribution in [3.8, 4) is 0 Å². The van der Waals surface area contributed by atoms with E-state index in [1.54, 1.807) is 0 Å². The molecular formula is C11H19O2. The van der Waals surface area contributed by atoms with Crippen LogP contribution in [-0.4, -0.2) is 11.1 Å². The molecule has 13 heavy (non-hydrogen) atoms. The van der Waals surface area contributed by atoms with Crippen molar-refractivity contribution in [3.05, 3.63) is 6.92 Å². The first kappa shape index (κ1) is 10.6. The number of unbranched alkanes of at least 4 members (excludes halogenated alkanes) is 1. The summed E-state index contributed by atoms with van der Waals surface area (Å²) in [5.41, 5.74) is 0. The largest absolute Gasteiger partial charge is 0.481 e. The van der Waals surface area contributed by atoms with E-state index in [1.165, 1.54) is 12.8 Å². The van der Waals surface area contributed by atoms with Gasteiger partial charge in [0.2, 0.25) is 0 Å². The Kier molecular flexibility index (Phi) is 4.26. The lowest BCUT2D eigenvalue weighted by Crippen LogP contribution is -2.21. The fraction of sp³-hybridized carbons (Fsp3) is 0.818. The number of hydrogen-bond donors (Lipinski definition) is 1. The average molecular weight is 183 g/mol. The van der Waals surface area contributed by atoms with Gasteiger partial charge in [0.05, 0.1) is 5.92 Å². The van der Waals surface area contributed by atoms with Crippen LogP contribution in [0.3, 0.4) is 0 Å². The molecule has 0 amide bonds. The molecule has 0 saturated heterocycles. The molecule has 75 valence electrons. The second kappa shape index (κ2) is 5.25. The quantitative estimate of drug-likeness (QED) is 0.727. The molecule has 0 aromatic rings. The molecule has 0 aromatic carbocycles. The van der Waals surface area contributed by atoms with Crippen molar-refractivity contribution < 1.29 is 9.90 Å². The molecule has 0 aromatic heterocycles. The van der Waals surface area contributed by atoms with Gasteiger partial charge in [-0.15, -0.1) is 0 Å². The molecule has 1 fully saturated rings. The second-order valence-corrected chi connectivity index (χ2v) is 4.05. The number of carbonyl (C=O) groups is 1. The molecular weight excluding hydrogens is 164 g/mol. The van der Waals surface area contributed by atoms with Crippen molar-refractivity contribution in [1.82, 2.24) is 0 Å². The zero-order valence-corrected chi connectivity index (χ0v) is 8.17. The molecule has 1 rings (SSSR count). The van der Waals surface area contributed by atoms with Crippen molar-refractivity contribution in [3.63, 3.8) is 0 Å². The summed E-state index contributed by atoms with van der Waals surface area (Å²) in [7, 11) is 0. The van der Waals surface area contributed by atoms with Crippen LogP contribution >= 0.6 is 0 Å². The van der Waals surface area contributed by atoms with Crippen LogP contribution in [0.4, 0.5) is 0 Å². The lowest BCUT2D eigenvalue weighted by molar-refractivity contribution is -0.143. The van der Waals surface area contributed by atoms with E-state index in [0.717, 1.165) is 38.0 Å². The zero-order valence-electron chi connectivity index (χ0n) is 8.17. The maximum Gasteiger partial charge on any atom is 0.306 e. The number of rotatable bonds is 4. The first-order chi connectivity index (χ1) is 6.24. The second-order valence-electron chi connectivity index (χ2n) is 4.05. The maximum atomic E-state index is 10.7. The normalized spacial score (nSPS) is 28.7. The van der Waals surface area contributed by atoms with Crippen molar-refractivity contribution in [2.75, 3.05) is 0 Å². The lowest BCUT2D eigenvalue weighted by Gasteiger charge is -2.25. The minimum atomic E-state index is -0.601. The van der Waals surface area contributed by atoms with Crippen LogP contribution in [0, 0.1) is 18.8 Å². The van der Waals surface area contributed by atoms with Gasteiger partial charge in [0.15, 0.2) is 0 Å². The number of hydrogen-bond acceptors (Lipinski definition) is 1. The van der Waals surface area contributed by atoms with E-state index in [-0.39, 0.29) is 5.92 Å². The van der Waals surface area contributed by atoms with Gasteiger partial charge >= 0.3 is 5.97 Å². The zero-order chi connectivity index (χ0) is 9.68. The van der Waals surface area contributed by atoms with Crippen molar-refractivity contribution in [1.29, 1.82) is 0 Å². The molecule has 0 atom stereocenters. The monoisotopic (exact) mass is 183 g/mol. The average Bonchev–Trinajstić information content (AvgIpc) is 2.15. The van der Waals surface area contributed by atoms with Gasteiger partial charge in [0.25, 0.3) is 0 Å². The minimum absolute atomic E-state index is 0.0593. The Labute approximate surface area is 80.3 Å². The van der Waals surface area contributed by atoms with E-state index in [0.29, 0.717) is 0 Å². The minimum Gasteiger partial charge on any atom is -0.481 e. The summed E-state index contributed by atoms with van der Waals surface area (Å²) in [6.07, 6.45) is 7.44. The third kappa shape index (κ3) is 3.37. The highest BCUT2D eigenvalue weighted by Gasteiger charge is 2.25. The molecule has 1 N–H and O–H groups in total. The van der Waals surface area contributed by atoms with Crippen LogP contribution in [0.25, 0.3) is 0 Å². The molecule has 1 saturated carbocycles. The number of aliphatic carboxylic acids is 1. The van der Waals surface area contributed by atoms with Crippen LogP contribution < -0.4 is 0 Å². The molecule has 1 aliphatic carbocycles. The third-order valence-corrected chi connectivity index (χ3v) is 3.06. The smallest absolute Gasteiger partial charge is 0.306 e. The highest BCUT2D eigenvalue weighted by Crippen LogP contribution is 2.31. The van der Waals surface area contributed by atoms with Crippen molar-refractivity contribution in [2.45, 2.75) is 44.9 Å². The van der Waals surface area contributed by atoms with Crippen molar-refractivity contribution >= 4 is 5.97 Å². The topological polar surface area (TPSA) is 37.3 Å². The third-order valence-electron chi connectivity index (χ3n) is 3.06. The Morgan fingerprint density at radius 3 is 2.38 bits per heavy atom. The molecule has 1 aliphatic rings. The van der Waals surface area contributed by atoms with E-state index in [2.05, 4.69) is 6.92 Å². The summed E-state index contributed by atoms with van der Waals surface area (Å²) in [5.74, 6) is 0.115. The Morgan fingerprint density at radius 2 is 1.92 bits per heavy atom. The van der Waals surface area contributed by atoms with E-state index in [1.807, 2.05) is 0 Å². The highest BCUT2D eigenvalue weighted by molar-refractivity contribution is 5.69. The van der Waals surface area contributed by atoms with E-state index >= 15 is 0 Å². The summed E-state index contributed by atoms with van der Waals surface area (Å²) in [6.45, 7) is 3.82. The fourth-order valence-corrected chi connectivity index (χ4v) is 2.13. The van der Waals surface area contributed by atoms with E-state index < -0.39 is 5.97 Å². The molecule has 0 heterocycles. The Balaban J connectivity index is 2.18. The van der Waals surface area contributed by atoms with Gasteiger partial charge in [0, 0.05) is 0 Å². The molecule has 0 bridgehead atoms. The van der Waals surface area contributed by atoms with Crippen molar-refractivity contribution in [2.24, 2.45) is 11.8 Å². The summed E-state index contributed by atoms with van der Waals surface area (Å²) < 4.78 is 0. The predicted molar refractivity (Wildman–Crippen MR) is 52.3 cm³/mol. The van der Waals surface area contributed by atoms with Gasteiger partial charge in [-0.05, 0) is 31.6 Å². The van der Waals surface area contributed by atoms with Crippen LogP contribution in [-0.2, 0) is 4.79 Å². The van der Waals surface area contributed by atoms with Crippen LogP contribution in [0.15, 0.2) is 0 Å². The van der Waals surface area contributed by atoms with Gasteiger partial charge in [-0.2, -0.15) is 0 Å². The number of carboxylic acid groups (broad SMARTS) is 1. The van der Waals surface area contributed by atoms with Gasteiger partial charge in [-0.25, -0.2) is 0 Å². The summed E-state index contributed by atoms with van der Waals surface area (Å²) in [4.78, 5) is 10.7. The Bertz CT molecular complexity index is 157. The van der Waals surface area contributed by atoms with Crippen LogP contribution in [0.5, 0.6) is 0 Å². The summed E-state index contributed by atoms with van der Waals surface area (Å²) in [6, 6.07) is 0. The van der Waals surface area contributed by atoms with Crippen LogP contribution in [0.2, 0.25) is 0 Å². The number of carboxylic acids is 1. The Morgan fingerprint density at radius 1 is 1.31 bits per heavy atom. The van der Waals surface area contributed by atoms with Gasteiger partial charge in [-0.3, -0.25) is 4.79 Å². The van der Waals surface area contributed by atoms with Gasteiger partial charge in [-0.1, -0.05) is 26.2 Å². The lowest BCUT2D eigenvalue weighted by atomic mass is 9.80. The Hall–Kier alpha value is -0.530. The van der Waals surface area contributed by atoms with Gasteiger partial charge < -0.3 is 5.11 Å². The van der Waals surface area contributed by atoms with E-state index in [4.69, 9.17) is 5.11 Å². The fourth-order valence-electron chi connectivity index (χ4n) is 2.13. The van der Waals surface area contributed by atoms with E-state index in [9.17, 15) is 4.79 Å². The first-order valence-electron chi connectivity index (χ1n) is 5.26. The standard InChI is InChI=1S/C11H19O2/c1-2-3-4-9-5-7-10(8-6-9)11(12)13/h9-10H,1-8H2,(H,12,13). The molecule has 0 spiro atoms. The molecule has 2 nitrogen and oxygen atoms in total. The van der Waals surface area contributed by atoms with Gasteiger partial charge in [0.1, 0.15) is 0 Å². The van der Waals surface area contributed by atoms with Crippen LogP contribution in [0.1, 0.15) is 44.9 Å². The summed E-state index contributed by atoms with van der Waals surface area (Å²) >= 11 is 0. The SMILES string of the molecule is [CH2]CCCC1CCC(C(=O)O)CC1. The maximum absolute atomic E-state index is 10.7. The molecule has 0 aliphatic heterocycles. The summed E-state index contributed by atoms with van der Waals surface area (Å²) in [5, 5.41) is 8.79. The molecule has 2 heteroatoms.